The van der Waals surface area contributed by atoms with Gasteiger partial charge in [-0.25, -0.2) is 4.79 Å². The van der Waals surface area contributed by atoms with E-state index in [1.165, 1.54) is 7.05 Å². The van der Waals surface area contributed by atoms with Gasteiger partial charge in [0.05, 0.1) is 29.9 Å². The van der Waals surface area contributed by atoms with Gasteiger partial charge in [-0.2, -0.15) is 0 Å². The number of esters is 1. The molecule has 0 saturated heterocycles. The van der Waals surface area contributed by atoms with Gasteiger partial charge in [0.15, 0.2) is 23.7 Å². The van der Waals surface area contributed by atoms with Crippen molar-refractivity contribution in [1.29, 1.82) is 0 Å². The van der Waals surface area contributed by atoms with Crippen molar-refractivity contribution in [1.82, 2.24) is 4.90 Å². The molecule has 0 unspecified atom stereocenters. The van der Waals surface area contributed by atoms with E-state index >= 15 is 0 Å². The van der Waals surface area contributed by atoms with E-state index in [4.69, 9.17) is 23.4 Å². The van der Waals surface area contributed by atoms with Crippen molar-refractivity contribution in [2.45, 2.75) is 58.5 Å². The first-order valence-electron chi connectivity index (χ1n) is 11.1. The first kappa shape index (κ1) is 23.3. The molecule has 0 saturated carbocycles. The van der Waals surface area contributed by atoms with Crippen molar-refractivity contribution < 1.29 is 37.7 Å². The second kappa shape index (κ2) is 9.15. The Morgan fingerprint density at radius 2 is 1.79 bits per heavy atom. The molecule has 4 rings (SSSR count). The lowest BCUT2D eigenvalue weighted by Gasteiger charge is -2.24. The highest BCUT2D eigenvalue weighted by molar-refractivity contribution is 6.22. The van der Waals surface area contributed by atoms with Gasteiger partial charge in [-0.3, -0.25) is 14.5 Å². The molecular weight excluding hydrogens is 430 g/mol. The Balaban J connectivity index is 1.38. The van der Waals surface area contributed by atoms with Crippen molar-refractivity contribution in [3.05, 3.63) is 46.6 Å². The van der Waals surface area contributed by atoms with Crippen LogP contribution in [0.5, 0.6) is 0 Å². The Labute approximate surface area is 192 Å². The fraction of sp³-hybridized carbons (Fsp3) is 0.542. The molecule has 178 valence electrons. The molecule has 33 heavy (non-hydrogen) atoms. The lowest BCUT2D eigenvalue weighted by molar-refractivity contribution is -0.167. The predicted octanol–water partition coefficient (Wildman–Crippen LogP) is 3.47. The minimum atomic E-state index is -0.946. The third kappa shape index (κ3) is 4.47. The molecule has 1 aromatic rings. The SMILES string of the molecule is CC(C)COC1=CC[C@@H](OCC(=O)O[C@@H]2c3oc(c4c3C(=O)N(C)C4=O)[C@@H]2OC(C)C)C=C1. The molecule has 0 radical (unpaired) electrons. The molecule has 9 nitrogen and oxygen atoms in total. The summed E-state index contributed by atoms with van der Waals surface area (Å²) in [6, 6.07) is 0. The van der Waals surface area contributed by atoms with Crippen LogP contribution in [0.25, 0.3) is 0 Å². The van der Waals surface area contributed by atoms with Crippen LogP contribution in [-0.2, 0) is 23.7 Å². The number of amides is 2. The maximum Gasteiger partial charge on any atom is 0.332 e. The summed E-state index contributed by atoms with van der Waals surface area (Å²) < 4.78 is 28.5. The van der Waals surface area contributed by atoms with Gasteiger partial charge in [0, 0.05) is 7.05 Å². The van der Waals surface area contributed by atoms with Gasteiger partial charge in [0.25, 0.3) is 11.8 Å². The van der Waals surface area contributed by atoms with Crippen LogP contribution in [0.4, 0.5) is 0 Å². The van der Waals surface area contributed by atoms with E-state index in [-0.39, 0.29) is 41.5 Å². The molecule has 3 aliphatic rings. The molecule has 0 spiro atoms. The zero-order valence-corrected chi connectivity index (χ0v) is 19.5. The van der Waals surface area contributed by atoms with Gasteiger partial charge in [0.2, 0.25) is 0 Å². The highest BCUT2D eigenvalue weighted by Crippen LogP contribution is 2.51. The van der Waals surface area contributed by atoms with E-state index in [9.17, 15) is 14.4 Å². The summed E-state index contributed by atoms with van der Waals surface area (Å²) in [5, 5.41) is 0. The van der Waals surface area contributed by atoms with Gasteiger partial charge >= 0.3 is 5.97 Å². The van der Waals surface area contributed by atoms with Crippen LogP contribution in [0.2, 0.25) is 0 Å². The Hall–Kier alpha value is -2.91. The molecule has 9 heteroatoms. The molecule has 1 aliphatic carbocycles. The first-order valence-corrected chi connectivity index (χ1v) is 11.1. The molecule has 3 heterocycles. The average molecular weight is 459 g/mol. The number of carbonyl (C=O) groups excluding carboxylic acids is 3. The van der Waals surface area contributed by atoms with Crippen LogP contribution in [0.1, 0.15) is 78.6 Å². The molecule has 3 atom stereocenters. The van der Waals surface area contributed by atoms with E-state index in [2.05, 4.69) is 13.8 Å². The second-order valence-corrected chi connectivity index (χ2v) is 9.02. The number of carbonyl (C=O) groups is 3. The van der Waals surface area contributed by atoms with Crippen molar-refractivity contribution in [3.8, 4) is 0 Å². The van der Waals surface area contributed by atoms with Crippen LogP contribution < -0.4 is 0 Å². The summed E-state index contributed by atoms with van der Waals surface area (Å²) in [5.74, 6) is 0.0559. The number of furan rings is 1. The standard InChI is InChI=1S/C24H29NO8/c1-12(2)10-29-14-6-8-15(9-7-14)30-11-16(26)32-22-20-18-17(23(27)25(5)24(18)28)19(33-20)21(22)31-13(3)4/h6-8,12-13,15,21-22H,9-11H2,1-5H3/t15-,21-,22+/m0/s1. The largest absolute Gasteiger partial charge is 0.494 e. The number of fused-ring (bicyclic) bond motifs is 5. The van der Waals surface area contributed by atoms with Crippen molar-refractivity contribution in [2.24, 2.45) is 5.92 Å². The number of rotatable bonds is 9. The fourth-order valence-corrected chi connectivity index (χ4v) is 3.96. The molecule has 0 N–H and O–H groups in total. The third-order valence-electron chi connectivity index (χ3n) is 5.49. The summed E-state index contributed by atoms with van der Waals surface area (Å²) in [6.07, 6.45) is 3.95. The van der Waals surface area contributed by atoms with E-state index in [1.54, 1.807) is 0 Å². The zero-order valence-electron chi connectivity index (χ0n) is 19.5. The van der Waals surface area contributed by atoms with E-state index in [1.807, 2.05) is 32.1 Å². The first-order chi connectivity index (χ1) is 15.7. The number of allylic oxidation sites excluding steroid dienone is 1. The number of ether oxygens (including phenoxy) is 4. The Bertz CT molecular complexity index is 1020. The molecule has 0 aromatic carbocycles. The van der Waals surface area contributed by atoms with Gasteiger partial charge in [0.1, 0.15) is 12.4 Å². The van der Waals surface area contributed by atoms with Crippen LogP contribution >= 0.6 is 0 Å². The van der Waals surface area contributed by atoms with Crippen LogP contribution in [0.3, 0.4) is 0 Å². The maximum atomic E-state index is 12.6. The second-order valence-electron chi connectivity index (χ2n) is 9.02. The number of hydrogen-bond donors (Lipinski definition) is 0. The van der Waals surface area contributed by atoms with Crippen LogP contribution in [0, 0.1) is 5.92 Å². The third-order valence-corrected chi connectivity index (χ3v) is 5.49. The number of nitrogens with zero attached hydrogens (tertiary/aromatic N) is 1. The quantitative estimate of drug-likeness (QED) is 0.408. The van der Waals surface area contributed by atoms with Crippen LogP contribution in [0.15, 0.2) is 28.4 Å². The molecule has 0 fully saturated rings. The van der Waals surface area contributed by atoms with Gasteiger partial charge < -0.3 is 23.4 Å². The smallest absolute Gasteiger partial charge is 0.332 e. The number of imide groups is 1. The van der Waals surface area contributed by atoms with Crippen molar-refractivity contribution in [2.75, 3.05) is 20.3 Å². The molecule has 1 aromatic heterocycles. The average Bonchev–Trinajstić information content (AvgIpc) is 3.38. The highest BCUT2D eigenvalue weighted by Gasteiger charge is 2.54. The van der Waals surface area contributed by atoms with Gasteiger partial charge in [-0.15, -0.1) is 0 Å². The topological polar surface area (TPSA) is 105 Å². The summed E-state index contributed by atoms with van der Waals surface area (Å²) in [6.45, 7) is 8.16. The van der Waals surface area contributed by atoms with Crippen molar-refractivity contribution in [3.63, 3.8) is 0 Å². The fourth-order valence-electron chi connectivity index (χ4n) is 3.96. The van der Waals surface area contributed by atoms with Crippen molar-refractivity contribution >= 4 is 17.8 Å². The molecule has 2 bridgehead atoms. The predicted molar refractivity (Wildman–Crippen MR) is 115 cm³/mol. The lowest BCUT2D eigenvalue weighted by Crippen LogP contribution is -2.26. The monoisotopic (exact) mass is 459 g/mol. The maximum absolute atomic E-state index is 12.6. The van der Waals surface area contributed by atoms with Crippen LogP contribution in [-0.4, -0.2) is 55.2 Å². The van der Waals surface area contributed by atoms with Gasteiger partial charge in [-0.05, 0) is 38.3 Å². The minimum absolute atomic E-state index is 0.147. The van der Waals surface area contributed by atoms with Gasteiger partial charge in [-0.1, -0.05) is 19.9 Å². The number of hydrogen-bond acceptors (Lipinski definition) is 8. The minimum Gasteiger partial charge on any atom is -0.494 e. The zero-order chi connectivity index (χ0) is 23.9. The Kier molecular flexibility index (Phi) is 6.45. The molecular formula is C24H29NO8. The Morgan fingerprint density at radius 3 is 2.36 bits per heavy atom. The normalized spacial score (nSPS) is 23.5. The van der Waals surface area contributed by atoms with E-state index in [0.29, 0.717) is 18.9 Å². The van der Waals surface area contributed by atoms with E-state index < -0.39 is 30.0 Å². The molecule has 2 aliphatic heterocycles. The lowest BCUT2D eigenvalue weighted by atomic mass is 9.95. The highest BCUT2D eigenvalue weighted by atomic mass is 16.6. The summed E-state index contributed by atoms with van der Waals surface area (Å²) in [5.41, 5.74) is 0.343. The summed E-state index contributed by atoms with van der Waals surface area (Å²) in [4.78, 5) is 38.5. The summed E-state index contributed by atoms with van der Waals surface area (Å²) in [7, 11) is 1.40. The van der Waals surface area contributed by atoms with E-state index in [0.717, 1.165) is 10.7 Å². The summed E-state index contributed by atoms with van der Waals surface area (Å²) >= 11 is 0. The molecule has 2 amide bonds. The Morgan fingerprint density at radius 1 is 1.12 bits per heavy atom.